The number of rotatable bonds is 1. The molecule has 0 spiro atoms. The first kappa shape index (κ1) is 8.32. The standard InChI is InChI=1S/C5H6F3NO2/c6-5(7,8)3-2(1-9-3)4(10)11/h2-3,9H,1H2,(H,10,11)/t2-,3-/m0/s1. The maximum atomic E-state index is 11.8. The first-order valence-electron chi connectivity index (χ1n) is 2.96. The predicted molar refractivity (Wildman–Crippen MR) is 29.0 cm³/mol. The van der Waals surface area contributed by atoms with Crippen LogP contribution < -0.4 is 5.32 Å². The zero-order valence-corrected chi connectivity index (χ0v) is 5.35. The molecule has 64 valence electrons. The Labute approximate surface area is 60.2 Å². The Hall–Kier alpha value is -0.780. The summed E-state index contributed by atoms with van der Waals surface area (Å²) in [5.74, 6) is -2.71. The van der Waals surface area contributed by atoms with Crippen molar-refractivity contribution in [1.82, 2.24) is 5.32 Å². The molecule has 0 aromatic heterocycles. The highest BCUT2D eigenvalue weighted by Gasteiger charge is 2.52. The van der Waals surface area contributed by atoms with Gasteiger partial charge in [0.2, 0.25) is 0 Å². The number of aliphatic carboxylic acids is 1. The van der Waals surface area contributed by atoms with E-state index in [2.05, 4.69) is 0 Å². The second-order valence-corrected chi connectivity index (χ2v) is 2.37. The Bertz CT molecular complexity index is 179. The van der Waals surface area contributed by atoms with Gasteiger partial charge in [-0.1, -0.05) is 0 Å². The molecule has 2 atom stereocenters. The van der Waals surface area contributed by atoms with E-state index < -0.39 is 24.1 Å². The van der Waals surface area contributed by atoms with Crippen molar-refractivity contribution in [3.8, 4) is 0 Å². The van der Waals surface area contributed by atoms with Gasteiger partial charge in [-0.05, 0) is 0 Å². The van der Waals surface area contributed by atoms with Crippen LogP contribution in [0.3, 0.4) is 0 Å². The number of halogens is 3. The van der Waals surface area contributed by atoms with Crippen LogP contribution in [-0.2, 0) is 4.79 Å². The van der Waals surface area contributed by atoms with E-state index in [0.717, 1.165) is 0 Å². The molecule has 1 rings (SSSR count). The summed E-state index contributed by atoms with van der Waals surface area (Å²) in [6.07, 6.45) is -4.44. The van der Waals surface area contributed by atoms with Gasteiger partial charge in [-0.3, -0.25) is 4.79 Å². The van der Waals surface area contributed by atoms with Gasteiger partial charge in [0, 0.05) is 6.54 Å². The molecular formula is C5H6F3NO2. The van der Waals surface area contributed by atoms with Crippen molar-refractivity contribution >= 4 is 5.97 Å². The minimum atomic E-state index is -4.44. The number of carboxylic acids is 1. The Morgan fingerprint density at radius 2 is 2.09 bits per heavy atom. The molecule has 1 fully saturated rings. The predicted octanol–water partition coefficient (Wildman–Crippen LogP) is 0.221. The van der Waals surface area contributed by atoms with Crippen molar-refractivity contribution < 1.29 is 23.1 Å². The van der Waals surface area contributed by atoms with E-state index >= 15 is 0 Å². The van der Waals surface area contributed by atoms with Crippen LogP contribution in [0.2, 0.25) is 0 Å². The summed E-state index contributed by atoms with van der Waals surface area (Å²) >= 11 is 0. The van der Waals surface area contributed by atoms with E-state index in [-0.39, 0.29) is 6.54 Å². The number of alkyl halides is 3. The third-order valence-electron chi connectivity index (χ3n) is 1.63. The average molecular weight is 169 g/mol. The maximum Gasteiger partial charge on any atom is 0.404 e. The molecule has 0 aliphatic carbocycles. The first-order valence-corrected chi connectivity index (χ1v) is 2.96. The van der Waals surface area contributed by atoms with E-state index in [4.69, 9.17) is 5.11 Å². The van der Waals surface area contributed by atoms with Crippen molar-refractivity contribution in [2.45, 2.75) is 12.2 Å². The fourth-order valence-corrected chi connectivity index (χ4v) is 0.927. The van der Waals surface area contributed by atoms with Gasteiger partial charge in [0.1, 0.15) is 6.04 Å². The molecule has 0 aromatic carbocycles. The number of hydrogen-bond acceptors (Lipinski definition) is 2. The molecule has 1 heterocycles. The highest BCUT2D eigenvalue weighted by atomic mass is 19.4. The SMILES string of the molecule is O=C(O)[C@H]1CN[C@@H]1C(F)(F)F. The lowest BCUT2D eigenvalue weighted by Crippen LogP contribution is -2.63. The molecule has 0 unspecified atom stereocenters. The van der Waals surface area contributed by atoms with E-state index in [0.29, 0.717) is 0 Å². The molecule has 0 amide bonds. The molecule has 1 aliphatic heterocycles. The zero-order valence-electron chi connectivity index (χ0n) is 5.35. The van der Waals surface area contributed by atoms with Crippen LogP contribution in [-0.4, -0.2) is 29.8 Å². The van der Waals surface area contributed by atoms with Crippen LogP contribution in [0.25, 0.3) is 0 Å². The van der Waals surface area contributed by atoms with Gasteiger partial charge in [0.15, 0.2) is 0 Å². The summed E-state index contributed by atoms with van der Waals surface area (Å²) in [5, 5.41) is 10.2. The summed E-state index contributed by atoms with van der Waals surface area (Å²) in [5.41, 5.74) is 0. The van der Waals surface area contributed by atoms with E-state index in [1.54, 1.807) is 0 Å². The normalized spacial score (nSPS) is 31.2. The molecule has 1 saturated heterocycles. The third kappa shape index (κ3) is 1.45. The van der Waals surface area contributed by atoms with Crippen molar-refractivity contribution in [3.63, 3.8) is 0 Å². The number of hydrogen-bond donors (Lipinski definition) is 2. The van der Waals surface area contributed by atoms with E-state index in [9.17, 15) is 18.0 Å². The first-order chi connectivity index (χ1) is 4.93. The van der Waals surface area contributed by atoms with Crippen molar-refractivity contribution in [1.29, 1.82) is 0 Å². The van der Waals surface area contributed by atoms with Crippen molar-refractivity contribution in [2.24, 2.45) is 5.92 Å². The van der Waals surface area contributed by atoms with Crippen LogP contribution in [0.4, 0.5) is 13.2 Å². The van der Waals surface area contributed by atoms with Gasteiger partial charge in [0.05, 0.1) is 5.92 Å². The number of carboxylic acid groups (broad SMARTS) is 1. The number of carbonyl (C=O) groups is 1. The van der Waals surface area contributed by atoms with Crippen LogP contribution in [0, 0.1) is 5.92 Å². The summed E-state index contributed by atoms with van der Waals surface area (Å²) in [6.45, 7) is -0.0977. The Kier molecular flexibility index (Phi) is 1.79. The summed E-state index contributed by atoms with van der Waals surface area (Å²) in [4.78, 5) is 10.1. The van der Waals surface area contributed by atoms with Gasteiger partial charge in [-0.15, -0.1) is 0 Å². The molecule has 0 aromatic rings. The van der Waals surface area contributed by atoms with Crippen LogP contribution >= 0.6 is 0 Å². The Morgan fingerprint density at radius 3 is 2.18 bits per heavy atom. The quantitative estimate of drug-likeness (QED) is 0.590. The van der Waals surface area contributed by atoms with Gasteiger partial charge >= 0.3 is 12.1 Å². The van der Waals surface area contributed by atoms with Gasteiger partial charge in [-0.2, -0.15) is 13.2 Å². The Balaban J connectivity index is 2.57. The largest absolute Gasteiger partial charge is 0.481 e. The molecule has 0 radical (unpaired) electrons. The molecule has 1 aliphatic rings. The smallest absolute Gasteiger partial charge is 0.404 e. The molecule has 11 heavy (non-hydrogen) atoms. The third-order valence-corrected chi connectivity index (χ3v) is 1.63. The second-order valence-electron chi connectivity index (χ2n) is 2.37. The maximum absolute atomic E-state index is 11.8. The summed E-state index contributed by atoms with van der Waals surface area (Å²) < 4.78 is 35.4. The lowest BCUT2D eigenvalue weighted by Gasteiger charge is -2.35. The van der Waals surface area contributed by atoms with E-state index in [1.165, 1.54) is 0 Å². The number of nitrogens with one attached hydrogen (secondary N) is 1. The molecule has 6 heteroatoms. The summed E-state index contributed by atoms with van der Waals surface area (Å²) in [7, 11) is 0. The van der Waals surface area contributed by atoms with E-state index in [1.807, 2.05) is 5.32 Å². The lowest BCUT2D eigenvalue weighted by atomic mass is 9.91. The van der Waals surface area contributed by atoms with Gasteiger partial charge in [0.25, 0.3) is 0 Å². The highest BCUT2D eigenvalue weighted by Crippen LogP contribution is 2.30. The molecule has 2 N–H and O–H groups in total. The monoisotopic (exact) mass is 169 g/mol. The van der Waals surface area contributed by atoms with Crippen LogP contribution in [0.1, 0.15) is 0 Å². The van der Waals surface area contributed by atoms with Crippen molar-refractivity contribution in [3.05, 3.63) is 0 Å². The topological polar surface area (TPSA) is 49.3 Å². The van der Waals surface area contributed by atoms with Crippen molar-refractivity contribution in [2.75, 3.05) is 6.54 Å². The van der Waals surface area contributed by atoms with Gasteiger partial charge < -0.3 is 10.4 Å². The zero-order chi connectivity index (χ0) is 8.65. The average Bonchev–Trinajstić information content (AvgIpc) is 1.51. The molecular weight excluding hydrogens is 163 g/mol. The molecule has 3 nitrogen and oxygen atoms in total. The lowest BCUT2D eigenvalue weighted by molar-refractivity contribution is -0.195. The Morgan fingerprint density at radius 1 is 1.55 bits per heavy atom. The summed E-state index contributed by atoms with van der Waals surface area (Å²) in [6, 6.07) is -1.86. The van der Waals surface area contributed by atoms with Crippen LogP contribution in [0.15, 0.2) is 0 Å². The minimum absolute atomic E-state index is 0.0977. The van der Waals surface area contributed by atoms with Crippen LogP contribution in [0.5, 0.6) is 0 Å². The highest BCUT2D eigenvalue weighted by molar-refractivity contribution is 5.72. The molecule has 0 saturated carbocycles. The fourth-order valence-electron chi connectivity index (χ4n) is 0.927. The van der Waals surface area contributed by atoms with Gasteiger partial charge in [-0.25, -0.2) is 0 Å². The fraction of sp³-hybridized carbons (Fsp3) is 0.800. The minimum Gasteiger partial charge on any atom is -0.481 e. The second kappa shape index (κ2) is 2.37. The molecule has 0 bridgehead atoms.